The molecule has 0 radical (unpaired) electrons. The van der Waals surface area contributed by atoms with E-state index in [9.17, 15) is 0 Å². The lowest BCUT2D eigenvalue weighted by Gasteiger charge is -2.24. The van der Waals surface area contributed by atoms with Crippen molar-refractivity contribution in [3.63, 3.8) is 0 Å². The third kappa shape index (κ3) is 14.3. The number of nitrogens with zero attached hydrogens (tertiary/aromatic N) is 1. The summed E-state index contributed by atoms with van der Waals surface area (Å²) in [7, 11) is 9.09. The topological polar surface area (TPSA) is 78.3 Å². The molecule has 23 heavy (non-hydrogen) atoms. The summed E-state index contributed by atoms with van der Waals surface area (Å²) in [4.78, 5) is 0. The number of hydrogen-bond acceptors (Lipinski definition) is 6. The molecule has 0 spiro atoms. The smallest absolute Gasteiger partial charge is 0.500 e. The van der Waals surface area contributed by atoms with E-state index >= 15 is 0 Å². The fourth-order valence-electron chi connectivity index (χ4n) is 2.00. The van der Waals surface area contributed by atoms with E-state index in [1.807, 2.05) is 0 Å². The fraction of sp³-hybridized carbons (Fsp3) is 1.00. The molecule has 1 unspecified atom stereocenters. The number of ether oxygens (including phenoxy) is 1. The van der Waals surface area contributed by atoms with Crippen molar-refractivity contribution < 1.29 is 34.9 Å². The van der Waals surface area contributed by atoms with Crippen LogP contribution in [-0.4, -0.2) is 94.6 Å². The number of nitrogens with one attached hydrogen (secondary N) is 1. The molecular weight excluding hydrogens is 338 g/mol. The van der Waals surface area contributed by atoms with E-state index in [1.54, 1.807) is 21.3 Å². The normalized spacial score (nSPS) is 17.1. The molecule has 0 saturated carbocycles. The molecular formula is C14H36ClN3O4Si. The van der Waals surface area contributed by atoms with Crippen LogP contribution in [0.1, 0.15) is 6.42 Å². The average Bonchev–Trinajstić information content (AvgIpc) is 3.26. The summed E-state index contributed by atoms with van der Waals surface area (Å²) in [6.45, 7) is 4.57. The lowest BCUT2D eigenvalue weighted by molar-refractivity contribution is -0.870. The van der Waals surface area contributed by atoms with E-state index in [4.69, 9.17) is 23.7 Å². The summed E-state index contributed by atoms with van der Waals surface area (Å²) in [6, 6.07) is 0.827. The highest BCUT2D eigenvalue weighted by atomic mass is 35.5. The summed E-state index contributed by atoms with van der Waals surface area (Å²) in [5, 5.41) is 3.21. The summed E-state index contributed by atoms with van der Waals surface area (Å²) in [5.41, 5.74) is 5.35. The van der Waals surface area contributed by atoms with E-state index in [-0.39, 0.29) is 12.4 Å². The quantitative estimate of drug-likeness (QED) is 0.173. The first-order valence-electron chi connectivity index (χ1n) is 7.80. The molecule has 0 bridgehead atoms. The SMILES string of the molecule is CO[Si](CCCNCCN)(OC)OC.C[N+](C)(C)CC1CO1.[Cl-]. The number of epoxide rings is 1. The fourth-order valence-corrected chi connectivity index (χ4v) is 3.72. The van der Waals surface area contributed by atoms with E-state index in [2.05, 4.69) is 26.5 Å². The van der Waals surface area contributed by atoms with Crippen LogP contribution in [0.25, 0.3) is 0 Å². The van der Waals surface area contributed by atoms with Crippen molar-refractivity contribution in [2.75, 3.05) is 75.3 Å². The Hall–Kier alpha value is 0.227. The monoisotopic (exact) mass is 373 g/mol. The molecule has 142 valence electrons. The lowest BCUT2D eigenvalue weighted by Crippen LogP contribution is -3.00. The number of rotatable bonds is 11. The van der Waals surface area contributed by atoms with Gasteiger partial charge in [-0.15, -0.1) is 0 Å². The van der Waals surface area contributed by atoms with Gasteiger partial charge in [0.25, 0.3) is 0 Å². The molecule has 1 fully saturated rings. The lowest BCUT2D eigenvalue weighted by atomic mass is 10.4. The first-order valence-corrected chi connectivity index (χ1v) is 9.74. The Labute approximate surface area is 149 Å². The number of hydrogen-bond donors (Lipinski definition) is 2. The molecule has 1 heterocycles. The van der Waals surface area contributed by atoms with Crippen molar-refractivity contribution in [1.82, 2.24) is 5.32 Å². The van der Waals surface area contributed by atoms with E-state index in [1.165, 1.54) is 0 Å². The maximum absolute atomic E-state index is 5.35. The minimum absolute atomic E-state index is 0. The Kier molecular flexibility index (Phi) is 15.0. The average molecular weight is 374 g/mol. The molecule has 1 rings (SSSR count). The van der Waals surface area contributed by atoms with E-state index in [0.717, 1.165) is 43.2 Å². The van der Waals surface area contributed by atoms with Crippen LogP contribution in [0.4, 0.5) is 0 Å². The van der Waals surface area contributed by atoms with Gasteiger partial charge in [-0.05, 0) is 13.0 Å². The second-order valence-corrected chi connectivity index (χ2v) is 9.46. The molecule has 0 aromatic heterocycles. The zero-order valence-electron chi connectivity index (χ0n) is 15.6. The highest BCUT2D eigenvalue weighted by Gasteiger charge is 2.36. The van der Waals surface area contributed by atoms with Crippen molar-refractivity contribution in [2.45, 2.75) is 18.6 Å². The van der Waals surface area contributed by atoms with Crippen LogP contribution < -0.4 is 23.5 Å². The van der Waals surface area contributed by atoms with Crippen LogP contribution in [-0.2, 0) is 18.0 Å². The van der Waals surface area contributed by atoms with Gasteiger partial charge >= 0.3 is 8.80 Å². The van der Waals surface area contributed by atoms with Crippen LogP contribution in [0.5, 0.6) is 0 Å². The maximum Gasteiger partial charge on any atom is 0.500 e. The van der Waals surface area contributed by atoms with Crippen molar-refractivity contribution in [2.24, 2.45) is 5.73 Å². The second kappa shape index (κ2) is 13.5. The molecule has 3 N–H and O–H groups in total. The molecule has 9 heteroatoms. The van der Waals surface area contributed by atoms with Gasteiger partial charge in [-0.2, -0.15) is 0 Å². The van der Waals surface area contributed by atoms with Gasteiger partial charge < -0.3 is 46.0 Å². The molecule has 1 saturated heterocycles. The predicted molar refractivity (Wildman–Crippen MR) is 90.8 cm³/mol. The van der Waals surface area contributed by atoms with Crippen LogP contribution in [0.15, 0.2) is 0 Å². The van der Waals surface area contributed by atoms with Crippen molar-refractivity contribution in [3.05, 3.63) is 0 Å². The maximum atomic E-state index is 5.35. The molecule has 0 aliphatic carbocycles. The van der Waals surface area contributed by atoms with Gasteiger partial charge in [0, 0.05) is 40.5 Å². The van der Waals surface area contributed by atoms with Crippen LogP contribution in [0.2, 0.25) is 6.04 Å². The van der Waals surface area contributed by atoms with Gasteiger partial charge in [0.2, 0.25) is 0 Å². The standard InChI is InChI=1S/C8H22N2O3Si.C6H14NO.ClH/c1-11-14(12-2,13-3)8-4-6-10-7-5-9;1-7(2,3)4-6-5-8-6;/h10H,4-9H2,1-3H3;6H,4-5H2,1-3H3;1H/q;+1;/p-1. The van der Waals surface area contributed by atoms with Gasteiger partial charge in [-0.3, -0.25) is 0 Å². The minimum Gasteiger partial charge on any atom is -1.00 e. The summed E-state index contributed by atoms with van der Waals surface area (Å²) >= 11 is 0. The molecule has 0 aromatic rings. The molecule has 0 amide bonds. The van der Waals surface area contributed by atoms with Gasteiger partial charge in [0.1, 0.15) is 12.6 Å². The summed E-state index contributed by atoms with van der Waals surface area (Å²) in [6.07, 6.45) is 1.54. The molecule has 1 aliphatic rings. The molecule has 1 atom stereocenters. The van der Waals surface area contributed by atoms with Gasteiger partial charge in [-0.1, -0.05) is 0 Å². The zero-order chi connectivity index (χ0) is 17.1. The highest BCUT2D eigenvalue weighted by Crippen LogP contribution is 2.14. The third-order valence-corrected chi connectivity index (χ3v) is 6.08. The largest absolute Gasteiger partial charge is 1.00 e. The number of nitrogens with two attached hydrogens (primary N) is 1. The van der Waals surface area contributed by atoms with Crippen LogP contribution in [0, 0.1) is 0 Å². The Morgan fingerprint density at radius 1 is 1.13 bits per heavy atom. The van der Waals surface area contributed by atoms with Crippen molar-refractivity contribution >= 4 is 8.80 Å². The third-order valence-electron chi connectivity index (χ3n) is 3.24. The van der Waals surface area contributed by atoms with E-state index in [0.29, 0.717) is 12.6 Å². The summed E-state index contributed by atoms with van der Waals surface area (Å²) in [5.74, 6) is 0. The second-order valence-electron chi connectivity index (χ2n) is 6.37. The first kappa shape index (κ1) is 25.5. The summed E-state index contributed by atoms with van der Waals surface area (Å²) < 4.78 is 21.9. The van der Waals surface area contributed by atoms with Crippen molar-refractivity contribution in [3.8, 4) is 0 Å². The Morgan fingerprint density at radius 3 is 1.96 bits per heavy atom. The Balaban J connectivity index is 0. The van der Waals surface area contributed by atoms with Crippen LogP contribution >= 0.6 is 0 Å². The van der Waals surface area contributed by atoms with Gasteiger partial charge in [0.05, 0.1) is 27.7 Å². The minimum atomic E-state index is -2.35. The number of likely N-dealkylation sites (N-methyl/N-ethyl adjacent to an activating group) is 1. The predicted octanol–water partition coefficient (Wildman–Crippen LogP) is -3.10. The zero-order valence-corrected chi connectivity index (χ0v) is 17.3. The Bertz CT molecular complexity index is 267. The van der Waals surface area contributed by atoms with Gasteiger partial charge in [0.15, 0.2) is 0 Å². The number of quaternary nitrogens is 1. The van der Waals surface area contributed by atoms with E-state index < -0.39 is 8.80 Å². The first-order chi connectivity index (χ1) is 10.3. The molecule has 0 aromatic carbocycles. The number of halogens is 1. The molecule has 1 aliphatic heterocycles. The van der Waals surface area contributed by atoms with Crippen molar-refractivity contribution in [1.29, 1.82) is 0 Å². The Morgan fingerprint density at radius 2 is 1.65 bits per heavy atom. The van der Waals surface area contributed by atoms with Crippen LogP contribution in [0.3, 0.4) is 0 Å². The van der Waals surface area contributed by atoms with Gasteiger partial charge in [-0.25, -0.2) is 0 Å². The molecule has 7 nitrogen and oxygen atoms in total. The highest BCUT2D eigenvalue weighted by molar-refractivity contribution is 6.60.